The second kappa shape index (κ2) is 5.64. The van der Waals surface area contributed by atoms with Crippen LogP contribution in [-0.4, -0.2) is 11.0 Å². The number of rotatable bonds is 5. The van der Waals surface area contributed by atoms with Crippen LogP contribution < -0.4 is 5.32 Å². The molecule has 110 valence electrons. The second-order valence-corrected chi connectivity index (χ2v) is 5.72. The standard InChI is InChI=1S/C17H20N2O2/c1-11(2)17-19-15-10-13(6-7-16(15)21-17)18-12(3)9-14-5-4-8-20-14/h4-8,10-12,18H,9H2,1-3H3. The molecule has 4 heteroatoms. The van der Waals surface area contributed by atoms with E-state index in [1.54, 1.807) is 6.26 Å². The lowest BCUT2D eigenvalue weighted by Gasteiger charge is -2.13. The highest BCUT2D eigenvalue weighted by Gasteiger charge is 2.11. The minimum atomic E-state index is 0.282. The van der Waals surface area contributed by atoms with Crippen LogP contribution in [0, 0.1) is 0 Å². The third kappa shape index (κ3) is 3.10. The lowest BCUT2D eigenvalue weighted by atomic mass is 10.2. The largest absolute Gasteiger partial charge is 0.469 e. The number of nitrogens with one attached hydrogen (secondary N) is 1. The van der Waals surface area contributed by atoms with Gasteiger partial charge >= 0.3 is 0 Å². The number of hydrogen-bond donors (Lipinski definition) is 1. The summed E-state index contributed by atoms with van der Waals surface area (Å²) in [5, 5.41) is 3.47. The lowest BCUT2D eigenvalue weighted by Crippen LogP contribution is -2.17. The molecule has 0 aliphatic rings. The van der Waals surface area contributed by atoms with Crippen LogP contribution in [0.1, 0.15) is 38.3 Å². The minimum absolute atomic E-state index is 0.282. The summed E-state index contributed by atoms with van der Waals surface area (Å²) in [4.78, 5) is 4.53. The van der Waals surface area contributed by atoms with Gasteiger partial charge in [-0.15, -0.1) is 0 Å². The van der Waals surface area contributed by atoms with Gasteiger partial charge in [-0.05, 0) is 37.3 Å². The lowest BCUT2D eigenvalue weighted by molar-refractivity contribution is 0.497. The van der Waals surface area contributed by atoms with Gasteiger partial charge in [0.1, 0.15) is 11.3 Å². The van der Waals surface area contributed by atoms with Crippen LogP contribution >= 0.6 is 0 Å². The molecule has 3 aromatic rings. The number of nitrogens with zero attached hydrogens (tertiary/aromatic N) is 1. The summed E-state index contributed by atoms with van der Waals surface area (Å²) in [5.74, 6) is 2.07. The fourth-order valence-electron chi connectivity index (χ4n) is 2.35. The zero-order valence-corrected chi connectivity index (χ0v) is 12.6. The van der Waals surface area contributed by atoms with E-state index in [0.29, 0.717) is 5.92 Å². The summed E-state index contributed by atoms with van der Waals surface area (Å²) < 4.78 is 11.1. The van der Waals surface area contributed by atoms with E-state index in [2.05, 4.69) is 31.1 Å². The van der Waals surface area contributed by atoms with Gasteiger partial charge < -0.3 is 14.2 Å². The summed E-state index contributed by atoms with van der Waals surface area (Å²) in [6.07, 6.45) is 2.55. The maximum Gasteiger partial charge on any atom is 0.198 e. The number of fused-ring (bicyclic) bond motifs is 1. The predicted octanol–water partition coefficient (Wildman–Crippen LogP) is 4.59. The van der Waals surface area contributed by atoms with Crippen molar-refractivity contribution in [1.29, 1.82) is 0 Å². The molecule has 0 spiro atoms. The Morgan fingerprint density at radius 3 is 2.76 bits per heavy atom. The van der Waals surface area contributed by atoms with E-state index in [1.807, 2.05) is 30.3 Å². The van der Waals surface area contributed by atoms with Crippen LogP contribution in [-0.2, 0) is 6.42 Å². The average Bonchev–Trinajstić information content (AvgIpc) is 3.06. The maximum atomic E-state index is 5.72. The molecular weight excluding hydrogens is 264 g/mol. The average molecular weight is 284 g/mol. The molecule has 2 heterocycles. The highest BCUT2D eigenvalue weighted by atomic mass is 16.3. The summed E-state index contributed by atoms with van der Waals surface area (Å²) in [6, 6.07) is 10.2. The molecule has 0 aliphatic heterocycles. The van der Waals surface area contributed by atoms with Crippen LogP contribution in [0.25, 0.3) is 11.1 Å². The molecule has 0 saturated heterocycles. The van der Waals surface area contributed by atoms with Crippen LogP contribution in [0.2, 0.25) is 0 Å². The van der Waals surface area contributed by atoms with Gasteiger partial charge in [-0.1, -0.05) is 13.8 Å². The maximum absolute atomic E-state index is 5.72. The first kappa shape index (κ1) is 13.7. The number of furan rings is 1. The fourth-order valence-corrected chi connectivity index (χ4v) is 2.35. The van der Waals surface area contributed by atoms with Gasteiger partial charge in [-0.2, -0.15) is 0 Å². The van der Waals surface area contributed by atoms with Crippen LogP contribution in [0.15, 0.2) is 45.4 Å². The Hall–Kier alpha value is -2.23. The Labute approximate surface area is 124 Å². The molecule has 1 N–H and O–H groups in total. The van der Waals surface area contributed by atoms with Crippen molar-refractivity contribution in [3.8, 4) is 0 Å². The molecule has 0 radical (unpaired) electrons. The molecule has 0 amide bonds. The quantitative estimate of drug-likeness (QED) is 0.744. The molecule has 0 fully saturated rings. The van der Waals surface area contributed by atoms with Crippen molar-refractivity contribution in [1.82, 2.24) is 4.98 Å². The molecule has 4 nitrogen and oxygen atoms in total. The molecule has 2 aromatic heterocycles. The summed E-state index contributed by atoms with van der Waals surface area (Å²) in [7, 11) is 0. The van der Waals surface area contributed by atoms with E-state index in [9.17, 15) is 0 Å². The highest BCUT2D eigenvalue weighted by Crippen LogP contribution is 2.24. The predicted molar refractivity (Wildman–Crippen MR) is 83.6 cm³/mol. The Morgan fingerprint density at radius 1 is 1.19 bits per heavy atom. The number of oxazole rings is 1. The monoisotopic (exact) mass is 284 g/mol. The first-order valence-corrected chi connectivity index (χ1v) is 7.31. The first-order valence-electron chi connectivity index (χ1n) is 7.31. The first-order chi connectivity index (χ1) is 10.1. The molecule has 3 rings (SSSR count). The van der Waals surface area contributed by atoms with Crippen LogP contribution in [0.3, 0.4) is 0 Å². The zero-order chi connectivity index (χ0) is 14.8. The second-order valence-electron chi connectivity index (χ2n) is 5.72. The van der Waals surface area contributed by atoms with Crippen molar-refractivity contribution in [2.75, 3.05) is 5.32 Å². The van der Waals surface area contributed by atoms with Gasteiger partial charge in [-0.25, -0.2) is 4.98 Å². The Morgan fingerprint density at radius 2 is 2.05 bits per heavy atom. The normalized spacial score (nSPS) is 13.0. The number of benzene rings is 1. The van der Waals surface area contributed by atoms with E-state index < -0.39 is 0 Å². The number of aromatic nitrogens is 1. The van der Waals surface area contributed by atoms with Crippen molar-refractivity contribution in [3.63, 3.8) is 0 Å². The van der Waals surface area contributed by atoms with E-state index in [-0.39, 0.29) is 6.04 Å². The van der Waals surface area contributed by atoms with Crippen molar-refractivity contribution in [2.45, 2.75) is 39.2 Å². The minimum Gasteiger partial charge on any atom is -0.469 e. The van der Waals surface area contributed by atoms with Gasteiger partial charge in [0.05, 0.1) is 6.26 Å². The van der Waals surface area contributed by atoms with Crippen molar-refractivity contribution >= 4 is 16.8 Å². The molecule has 0 aliphatic carbocycles. The third-order valence-corrected chi connectivity index (χ3v) is 3.40. The zero-order valence-electron chi connectivity index (χ0n) is 12.6. The SMILES string of the molecule is CC(Cc1ccco1)Nc1ccc2oc(C(C)C)nc2c1. The van der Waals surface area contributed by atoms with Gasteiger partial charge in [0.2, 0.25) is 0 Å². The molecule has 1 aromatic carbocycles. The van der Waals surface area contributed by atoms with Crippen LogP contribution in [0.4, 0.5) is 5.69 Å². The van der Waals surface area contributed by atoms with Crippen molar-refractivity contribution < 1.29 is 8.83 Å². The fraction of sp³-hybridized carbons (Fsp3) is 0.353. The summed E-state index contributed by atoms with van der Waals surface area (Å²) in [5.41, 5.74) is 2.78. The Kier molecular flexibility index (Phi) is 3.69. The number of anilines is 1. The van der Waals surface area contributed by atoms with E-state index >= 15 is 0 Å². The summed E-state index contributed by atoms with van der Waals surface area (Å²) in [6.45, 7) is 6.29. The topological polar surface area (TPSA) is 51.2 Å². The molecule has 0 bridgehead atoms. The molecule has 1 atom stereocenters. The van der Waals surface area contributed by atoms with Crippen molar-refractivity contribution in [3.05, 3.63) is 48.2 Å². The number of hydrogen-bond acceptors (Lipinski definition) is 4. The molecule has 21 heavy (non-hydrogen) atoms. The molecular formula is C17H20N2O2. The van der Waals surface area contributed by atoms with Crippen molar-refractivity contribution in [2.24, 2.45) is 0 Å². The van der Waals surface area contributed by atoms with E-state index in [1.165, 1.54) is 0 Å². The highest BCUT2D eigenvalue weighted by molar-refractivity contribution is 5.77. The Bertz CT molecular complexity index is 714. The molecule has 0 saturated carbocycles. The van der Waals surface area contributed by atoms with Crippen LogP contribution in [0.5, 0.6) is 0 Å². The Balaban J connectivity index is 1.74. The van der Waals surface area contributed by atoms with E-state index in [4.69, 9.17) is 8.83 Å². The van der Waals surface area contributed by atoms with Gasteiger partial charge in [0.15, 0.2) is 11.5 Å². The van der Waals surface area contributed by atoms with Gasteiger partial charge in [0, 0.05) is 24.1 Å². The third-order valence-electron chi connectivity index (χ3n) is 3.40. The van der Waals surface area contributed by atoms with E-state index in [0.717, 1.165) is 34.9 Å². The van der Waals surface area contributed by atoms with Gasteiger partial charge in [-0.3, -0.25) is 0 Å². The smallest absolute Gasteiger partial charge is 0.198 e. The van der Waals surface area contributed by atoms with Gasteiger partial charge in [0.25, 0.3) is 0 Å². The molecule has 1 unspecified atom stereocenters. The summed E-state index contributed by atoms with van der Waals surface area (Å²) >= 11 is 0.